The lowest BCUT2D eigenvalue weighted by Crippen LogP contribution is -2.31. The number of halogens is 4. The van der Waals surface area contributed by atoms with Crippen LogP contribution < -0.4 is 0 Å². The third-order valence-electron chi connectivity index (χ3n) is 2.57. The van der Waals surface area contributed by atoms with E-state index in [4.69, 9.17) is 0 Å². The first kappa shape index (κ1) is 15.3. The Labute approximate surface area is 117 Å². The molecular weight excluding hydrogens is 358 g/mol. The van der Waals surface area contributed by atoms with E-state index in [2.05, 4.69) is 0 Å². The highest BCUT2D eigenvalue weighted by Crippen LogP contribution is 2.31. The Morgan fingerprint density at radius 2 is 1.83 bits per heavy atom. The third kappa shape index (κ3) is 3.37. The van der Waals surface area contributed by atoms with E-state index in [9.17, 15) is 18.0 Å². The number of alkyl halides is 3. The van der Waals surface area contributed by atoms with Gasteiger partial charge in [0, 0.05) is 16.7 Å². The molecule has 100 valence electrons. The molecule has 0 aliphatic rings. The summed E-state index contributed by atoms with van der Waals surface area (Å²) in [5, 5.41) is 0. The van der Waals surface area contributed by atoms with Crippen molar-refractivity contribution in [3.05, 3.63) is 32.9 Å². The first-order valence-electron chi connectivity index (χ1n) is 5.47. The van der Waals surface area contributed by atoms with Gasteiger partial charge in [-0.05, 0) is 54.6 Å². The van der Waals surface area contributed by atoms with Crippen molar-refractivity contribution in [2.45, 2.75) is 20.0 Å². The van der Waals surface area contributed by atoms with Crippen molar-refractivity contribution in [3.63, 3.8) is 0 Å². The summed E-state index contributed by atoms with van der Waals surface area (Å²) >= 11 is 1.87. The van der Waals surface area contributed by atoms with Crippen molar-refractivity contribution in [1.82, 2.24) is 4.90 Å². The number of hydrogen-bond donors (Lipinski definition) is 0. The van der Waals surface area contributed by atoms with Crippen LogP contribution in [0.15, 0.2) is 18.2 Å². The largest absolute Gasteiger partial charge is 0.416 e. The summed E-state index contributed by atoms with van der Waals surface area (Å²) in [6.45, 7) is 4.53. The van der Waals surface area contributed by atoms with Crippen LogP contribution >= 0.6 is 22.6 Å². The van der Waals surface area contributed by atoms with Gasteiger partial charge in [0.1, 0.15) is 0 Å². The summed E-state index contributed by atoms with van der Waals surface area (Å²) in [6.07, 6.45) is -4.43. The Morgan fingerprint density at radius 1 is 1.28 bits per heavy atom. The van der Waals surface area contributed by atoms with E-state index in [1.807, 2.05) is 22.6 Å². The molecule has 0 heterocycles. The molecule has 2 nitrogen and oxygen atoms in total. The van der Waals surface area contributed by atoms with Crippen molar-refractivity contribution in [2.75, 3.05) is 13.1 Å². The minimum absolute atomic E-state index is 0.106. The van der Waals surface area contributed by atoms with Crippen LogP contribution in [0.4, 0.5) is 13.2 Å². The molecule has 0 atom stereocenters. The fourth-order valence-corrected chi connectivity index (χ4v) is 2.11. The molecule has 0 aliphatic carbocycles. The molecule has 0 N–H and O–H groups in total. The maximum atomic E-state index is 12.6. The Balaban J connectivity index is 3.19. The monoisotopic (exact) mass is 371 g/mol. The minimum atomic E-state index is -4.43. The van der Waals surface area contributed by atoms with E-state index in [1.165, 1.54) is 11.0 Å². The normalized spacial score (nSPS) is 11.4. The zero-order chi connectivity index (χ0) is 13.9. The van der Waals surface area contributed by atoms with Crippen LogP contribution in [0.2, 0.25) is 0 Å². The molecule has 0 aliphatic heterocycles. The standard InChI is InChI=1S/C12H13F3INO/c1-3-17(4-2)11(18)9-7-8(12(13,14)15)5-6-10(9)16/h5-7H,3-4H2,1-2H3. The molecule has 0 radical (unpaired) electrons. The molecule has 1 aromatic carbocycles. The molecule has 6 heteroatoms. The van der Waals surface area contributed by atoms with E-state index in [1.54, 1.807) is 13.8 Å². The zero-order valence-corrected chi connectivity index (χ0v) is 12.2. The summed E-state index contributed by atoms with van der Waals surface area (Å²) in [4.78, 5) is 13.6. The lowest BCUT2D eigenvalue weighted by Gasteiger charge is -2.20. The first-order chi connectivity index (χ1) is 8.31. The van der Waals surface area contributed by atoms with Crippen LogP contribution in [0.1, 0.15) is 29.8 Å². The predicted octanol–water partition coefficient (Wildman–Crippen LogP) is 3.79. The average Bonchev–Trinajstić information content (AvgIpc) is 2.29. The van der Waals surface area contributed by atoms with E-state index in [0.717, 1.165) is 12.1 Å². The van der Waals surface area contributed by atoms with Gasteiger partial charge < -0.3 is 4.90 Å². The van der Waals surface area contributed by atoms with Gasteiger partial charge in [-0.1, -0.05) is 0 Å². The number of hydrogen-bond acceptors (Lipinski definition) is 1. The quantitative estimate of drug-likeness (QED) is 0.741. The SMILES string of the molecule is CCN(CC)C(=O)c1cc(C(F)(F)F)ccc1I. The van der Waals surface area contributed by atoms with Gasteiger partial charge in [0.05, 0.1) is 11.1 Å². The Hall–Kier alpha value is -0.790. The van der Waals surface area contributed by atoms with E-state index < -0.39 is 11.7 Å². The van der Waals surface area contributed by atoms with Gasteiger partial charge in [-0.3, -0.25) is 4.79 Å². The summed E-state index contributed by atoms with van der Waals surface area (Å²) in [7, 11) is 0. The molecule has 18 heavy (non-hydrogen) atoms. The summed E-state index contributed by atoms with van der Waals surface area (Å²) in [6, 6.07) is 3.23. The van der Waals surface area contributed by atoms with Crippen molar-refractivity contribution < 1.29 is 18.0 Å². The molecule has 0 saturated carbocycles. The van der Waals surface area contributed by atoms with Crippen LogP contribution in [0.3, 0.4) is 0 Å². The fraction of sp³-hybridized carbons (Fsp3) is 0.417. The predicted molar refractivity (Wildman–Crippen MR) is 71.4 cm³/mol. The van der Waals surface area contributed by atoms with Gasteiger partial charge >= 0.3 is 6.18 Å². The molecule has 1 aromatic rings. The Bertz CT molecular complexity index is 441. The van der Waals surface area contributed by atoms with E-state index in [-0.39, 0.29) is 11.5 Å². The highest BCUT2D eigenvalue weighted by atomic mass is 127. The number of rotatable bonds is 3. The third-order valence-corrected chi connectivity index (χ3v) is 3.52. The second-order valence-electron chi connectivity index (χ2n) is 3.67. The van der Waals surface area contributed by atoms with Gasteiger partial charge in [0.15, 0.2) is 0 Å². The molecule has 0 unspecified atom stereocenters. The molecule has 0 aromatic heterocycles. The van der Waals surface area contributed by atoms with Crippen LogP contribution in [0, 0.1) is 3.57 Å². The van der Waals surface area contributed by atoms with Gasteiger partial charge in [0.25, 0.3) is 5.91 Å². The van der Waals surface area contributed by atoms with Crippen LogP contribution in [0.25, 0.3) is 0 Å². The highest BCUT2D eigenvalue weighted by molar-refractivity contribution is 14.1. The minimum Gasteiger partial charge on any atom is -0.339 e. The van der Waals surface area contributed by atoms with Gasteiger partial charge in [-0.15, -0.1) is 0 Å². The molecule has 1 rings (SSSR count). The summed E-state index contributed by atoms with van der Waals surface area (Å²) < 4.78 is 38.3. The van der Waals surface area contributed by atoms with E-state index >= 15 is 0 Å². The number of amides is 1. The van der Waals surface area contributed by atoms with Crippen LogP contribution in [-0.2, 0) is 6.18 Å². The molecule has 1 amide bonds. The number of carbonyl (C=O) groups is 1. The second-order valence-corrected chi connectivity index (χ2v) is 4.83. The van der Waals surface area contributed by atoms with Crippen molar-refractivity contribution in [3.8, 4) is 0 Å². The summed E-state index contributed by atoms with van der Waals surface area (Å²) in [5.74, 6) is -0.365. The number of benzene rings is 1. The topological polar surface area (TPSA) is 20.3 Å². The number of carbonyl (C=O) groups excluding carboxylic acids is 1. The molecule has 0 spiro atoms. The van der Waals surface area contributed by atoms with Crippen molar-refractivity contribution in [2.24, 2.45) is 0 Å². The molecule has 0 fully saturated rings. The van der Waals surface area contributed by atoms with Crippen LogP contribution in [-0.4, -0.2) is 23.9 Å². The van der Waals surface area contributed by atoms with Gasteiger partial charge in [-0.2, -0.15) is 13.2 Å². The first-order valence-corrected chi connectivity index (χ1v) is 6.55. The molecular formula is C12H13F3INO. The highest BCUT2D eigenvalue weighted by Gasteiger charge is 2.32. The molecule has 0 bridgehead atoms. The average molecular weight is 371 g/mol. The van der Waals surface area contributed by atoms with Crippen LogP contribution in [0.5, 0.6) is 0 Å². The van der Waals surface area contributed by atoms with Gasteiger partial charge in [0.2, 0.25) is 0 Å². The summed E-state index contributed by atoms with van der Waals surface area (Å²) in [5.41, 5.74) is -0.687. The second kappa shape index (κ2) is 5.90. The lowest BCUT2D eigenvalue weighted by molar-refractivity contribution is -0.137. The smallest absolute Gasteiger partial charge is 0.339 e. The maximum Gasteiger partial charge on any atom is 0.416 e. The zero-order valence-electron chi connectivity index (χ0n) is 10.0. The maximum absolute atomic E-state index is 12.6. The Morgan fingerprint density at radius 3 is 2.28 bits per heavy atom. The van der Waals surface area contributed by atoms with E-state index in [0.29, 0.717) is 16.7 Å². The fourth-order valence-electron chi connectivity index (χ4n) is 1.55. The Kier molecular flexibility index (Phi) is 5.01. The van der Waals surface area contributed by atoms with Crippen molar-refractivity contribution >= 4 is 28.5 Å². The van der Waals surface area contributed by atoms with Crippen molar-refractivity contribution in [1.29, 1.82) is 0 Å². The number of nitrogens with zero attached hydrogens (tertiary/aromatic N) is 1. The lowest BCUT2D eigenvalue weighted by atomic mass is 10.1. The molecule has 0 saturated heterocycles. The van der Waals surface area contributed by atoms with Gasteiger partial charge in [-0.25, -0.2) is 0 Å².